The van der Waals surface area contributed by atoms with E-state index in [2.05, 4.69) is 64.3 Å². The maximum atomic E-state index is 6.12. The Morgan fingerprint density at radius 1 is 1.07 bits per heavy atom. The molecule has 0 bridgehead atoms. The van der Waals surface area contributed by atoms with Crippen LogP contribution >= 0.6 is 12.2 Å². The van der Waals surface area contributed by atoms with Crippen LogP contribution in [-0.2, 0) is 6.42 Å². The summed E-state index contributed by atoms with van der Waals surface area (Å²) in [6.45, 7) is 12.9. The number of hydrogen-bond donors (Lipinski definition) is 2. The fraction of sp³-hybridized carbons (Fsp3) is 0.435. The molecule has 0 fully saturated rings. The van der Waals surface area contributed by atoms with Crippen molar-refractivity contribution in [2.75, 3.05) is 5.32 Å². The molecule has 2 rings (SSSR count). The van der Waals surface area contributed by atoms with E-state index in [0.29, 0.717) is 11.0 Å². The second-order valence-electron chi connectivity index (χ2n) is 8.20. The first-order chi connectivity index (χ1) is 12.7. The first kappa shape index (κ1) is 21.2. The van der Waals surface area contributed by atoms with Gasteiger partial charge in [0.05, 0.1) is 0 Å². The molecule has 0 saturated carbocycles. The summed E-state index contributed by atoms with van der Waals surface area (Å²) < 4.78 is 6.12. The Balaban J connectivity index is 2.40. The summed E-state index contributed by atoms with van der Waals surface area (Å²) in [5.74, 6) is 2.06. The molecule has 2 aromatic carbocycles. The van der Waals surface area contributed by atoms with Gasteiger partial charge in [-0.2, -0.15) is 0 Å². The minimum absolute atomic E-state index is 0.0800. The van der Waals surface area contributed by atoms with Gasteiger partial charge in [0.1, 0.15) is 11.5 Å². The molecule has 0 unspecified atom stereocenters. The van der Waals surface area contributed by atoms with Gasteiger partial charge in [-0.05, 0) is 80.7 Å². The third kappa shape index (κ3) is 6.55. The van der Waals surface area contributed by atoms with Gasteiger partial charge >= 0.3 is 0 Å². The van der Waals surface area contributed by atoms with Crippen molar-refractivity contribution in [2.24, 2.45) is 0 Å². The van der Waals surface area contributed by atoms with Gasteiger partial charge in [0.25, 0.3) is 0 Å². The number of aryl methyl sites for hydroxylation is 1. The molecular weight excluding hydrogens is 352 g/mol. The number of anilines is 1. The lowest BCUT2D eigenvalue weighted by atomic mass is 9.95. The van der Waals surface area contributed by atoms with Crippen LogP contribution in [-0.4, -0.2) is 10.7 Å². The highest BCUT2D eigenvalue weighted by atomic mass is 32.1. The van der Waals surface area contributed by atoms with E-state index >= 15 is 0 Å². The molecule has 4 heteroatoms. The molecule has 0 spiro atoms. The largest absolute Gasteiger partial charge is 0.457 e. The number of hydrogen-bond acceptors (Lipinski definition) is 2. The molecule has 0 aliphatic heterocycles. The van der Waals surface area contributed by atoms with Crippen LogP contribution in [0.1, 0.15) is 65.0 Å². The van der Waals surface area contributed by atoms with E-state index in [4.69, 9.17) is 17.0 Å². The summed E-state index contributed by atoms with van der Waals surface area (Å²) in [5.41, 5.74) is 3.47. The molecule has 2 aromatic rings. The third-order valence-corrected chi connectivity index (χ3v) is 4.28. The summed E-state index contributed by atoms with van der Waals surface area (Å²) in [6, 6.07) is 14.2. The fourth-order valence-corrected chi connectivity index (χ4v) is 3.35. The number of ether oxygens (including phenoxy) is 1. The third-order valence-electron chi connectivity index (χ3n) is 4.07. The van der Waals surface area contributed by atoms with Crippen molar-refractivity contribution >= 4 is 23.0 Å². The lowest BCUT2D eigenvalue weighted by molar-refractivity contribution is 0.481. The number of thiocarbonyl (C=S) groups is 1. The van der Waals surface area contributed by atoms with Crippen LogP contribution in [0.5, 0.6) is 11.5 Å². The Kier molecular flexibility index (Phi) is 7.25. The zero-order chi connectivity index (χ0) is 20.0. The topological polar surface area (TPSA) is 33.3 Å². The zero-order valence-corrected chi connectivity index (χ0v) is 18.2. The zero-order valence-electron chi connectivity index (χ0n) is 17.3. The summed E-state index contributed by atoms with van der Waals surface area (Å²) in [6.07, 6.45) is 2.02. The van der Waals surface area contributed by atoms with E-state index in [1.807, 2.05) is 30.3 Å². The Morgan fingerprint density at radius 3 is 2.30 bits per heavy atom. The van der Waals surface area contributed by atoms with E-state index in [0.717, 1.165) is 30.0 Å². The number of rotatable bonds is 6. The van der Waals surface area contributed by atoms with E-state index in [9.17, 15) is 0 Å². The van der Waals surface area contributed by atoms with Crippen molar-refractivity contribution in [2.45, 2.75) is 65.8 Å². The van der Waals surface area contributed by atoms with Crippen molar-refractivity contribution in [3.63, 3.8) is 0 Å². The predicted octanol–water partition coefficient (Wildman–Crippen LogP) is 6.64. The maximum absolute atomic E-state index is 6.12. The van der Waals surface area contributed by atoms with Gasteiger partial charge in [0.2, 0.25) is 0 Å². The van der Waals surface area contributed by atoms with Crippen LogP contribution in [0, 0.1) is 0 Å². The van der Waals surface area contributed by atoms with Crippen LogP contribution in [0.2, 0.25) is 0 Å². The molecule has 3 nitrogen and oxygen atoms in total. The standard InChI is InChI=1S/C23H32N2OS/c1-7-11-17-14-19(26-18-12-9-8-10-13-18)15-20(16(2)3)21(17)24-22(27)25-23(4,5)6/h8-10,12-16H,7,11H2,1-6H3,(H2,24,25,27). The van der Waals surface area contributed by atoms with Gasteiger partial charge < -0.3 is 15.4 Å². The van der Waals surface area contributed by atoms with Gasteiger partial charge in [-0.15, -0.1) is 0 Å². The van der Waals surface area contributed by atoms with E-state index < -0.39 is 0 Å². The highest BCUT2D eigenvalue weighted by Gasteiger charge is 2.17. The molecule has 0 saturated heterocycles. The predicted molar refractivity (Wildman–Crippen MR) is 120 cm³/mol. The minimum Gasteiger partial charge on any atom is -0.457 e. The second kappa shape index (κ2) is 9.23. The first-order valence-corrected chi connectivity index (χ1v) is 10.1. The normalized spacial score (nSPS) is 11.4. The van der Waals surface area contributed by atoms with Crippen LogP contribution in [0.25, 0.3) is 0 Å². The number of nitrogens with one attached hydrogen (secondary N) is 2. The molecular formula is C23H32N2OS. The molecule has 27 heavy (non-hydrogen) atoms. The molecule has 146 valence electrons. The fourth-order valence-electron chi connectivity index (χ4n) is 2.94. The van der Waals surface area contributed by atoms with Crippen molar-refractivity contribution in [1.82, 2.24) is 5.32 Å². The first-order valence-electron chi connectivity index (χ1n) is 9.68. The SMILES string of the molecule is CCCc1cc(Oc2ccccc2)cc(C(C)C)c1NC(=S)NC(C)(C)C. The van der Waals surface area contributed by atoms with E-state index in [-0.39, 0.29) is 5.54 Å². The molecule has 0 aliphatic rings. The van der Waals surface area contributed by atoms with Gasteiger partial charge in [0.15, 0.2) is 5.11 Å². The molecule has 0 radical (unpaired) electrons. The number of para-hydroxylation sites is 1. The lowest BCUT2D eigenvalue weighted by Gasteiger charge is -2.26. The van der Waals surface area contributed by atoms with E-state index in [1.54, 1.807) is 0 Å². The van der Waals surface area contributed by atoms with Crippen molar-refractivity contribution < 1.29 is 4.74 Å². The second-order valence-corrected chi connectivity index (χ2v) is 8.60. The van der Waals surface area contributed by atoms with Crippen molar-refractivity contribution in [1.29, 1.82) is 0 Å². The summed E-state index contributed by atoms with van der Waals surface area (Å²) in [5, 5.41) is 7.46. The molecule has 0 heterocycles. The Hall–Kier alpha value is -2.07. The lowest BCUT2D eigenvalue weighted by Crippen LogP contribution is -2.43. The Labute approximate surface area is 169 Å². The Morgan fingerprint density at radius 2 is 1.74 bits per heavy atom. The highest BCUT2D eigenvalue weighted by molar-refractivity contribution is 7.80. The van der Waals surface area contributed by atoms with Crippen molar-refractivity contribution in [3.8, 4) is 11.5 Å². The minimum atomic E-state index is -0.0800. The molecule has 0 amide bonds. The average Bonchev–Trinajstić information content (AvgIpc) is 2.56. The average molecular weight is 385 g/mol. The molecule has 0 aromatic heterocycles. The molecule has 0 aliphatic carbocycles. The smallest absolute Gasteiger partial charge is 0.171 e. The quantitative estimate of drug-likeness (QED) is 0.547. The number of benzene rings is 2. The van der Waals surface area contributed by atoms with Gasteiger partial charge in [0, 0.05) is 11.2 Å². The van der Waals surface area contributed by atoms with Gasteiger partial charge in [-0.3, -0.25) is 0 Å². The summed E-state index contributed by atoms with van der Waals surface area (Å²) >= 11 is 5.56. The Bertz CT molecular complexity index is 764. The van der Waals surface area contributed by atoms with Gasteiger partial charge in [-0.25, -0.2) is 0 Å². The summed E-state index contributed by atoms with van der Waals surface area (Å²) in [7, 11) is 0. The summed E-state index contributed by atoms with van der Waals surface area (Å²) in [4.78, 5) is 0. The highest BCUT2D eigenvalue weighted by Crippen LogP contribution is 2.35. The van der Waals surface area contributed by atoms with E-state index in [1.165, 1.54) is 11.1 Å². The monoisotopic (exact) mass is 384 g/mol. The van der Waals surface area contributed by atoms with Crippen LogP contribution in [0.4, 0.5) is 5.69 Å². The van der Waals surface area contributed by atoms with Gasteiger partial charge in [-0.1, -0.05) is 45.4 Å². The van der Waals surface area contributed by atoms with Crippen LogP contribution in [0.15, 0.2) is 42.5 Å². The molecule has 2 N–H and O–H groups in total. The maximum Gasteiger partial charge on any atom is 0.171 e. The van der Waals surface area contributed by atoms with Crippen molar-refractivity contribution in [3.05, 3.63) is 53.6 Å². The van der Waals surface area contributed by atoms with Crippen LogP contribution in [0.3, 0.4) is 0 Å². The van der Waals surface area contributed by atoms with Crippen LogP contribution < -0.4 is 15.4 Å². The molecule has 0 atom stereocenters.